The normalized spacial score (nSPS) is 11.4. The average Bonchev–Trinajstić information content (AvgIpc) is 3.03. The minimum absolute atomic E-state index is 0.187. The summed E-state index contributed by atoms with van der Waals surface area (Å²) < 4.78 is 7.15. The van der Waals surface area contributed by atoms with Gasteiger partial charge in [0.05, 0.1) is 27.8 Å². The highest BCUT2D eigenvalue weighted by Gasteiger charge is 2.21. The minimum atomic E-state index is -0.795. The zero-order valence-electron chi connectivity index (χ0n) is 15.1. The third kappa shape index (κ3) is 4.10. The van der Waals surface area contributed by atoms with Gasteiger partial charge in [0.2, 0.25) is 0 Å². The molecule has 1 heterocycles. The van der Waals surface area contributed by atoms with Crippen molar-refractivity contribution < 1.29 is 19.2 Å². The van der Waals surface area contributed by atoms with Gasteiger partial charge in [-0.1, -0.05) is 29.0 Å². The first-order chi connectivity index (χ1) is 13.8. The molecule has 0 aliphatic rings. The van der Waals surface area contributed by atoms with Crippen LogP contribution in [0, 0.1) is 10.1 Å². The van der Waals surface area contributed by atoms with E-state index in [9.17, 15) is 19.7 Å². The van der Waals surface area contributed by atoms with Crippen LogP contribution >= 0.6 is 22.9 Å². The van der Waals surface area contributed by atoms with Crippen molar-refractivity contribution in [3.05, 3.63) is 80.1 Å². The molecule has 0 saturated heterocycles. The van der Waals surface area contributed by atoms with E-state index in [0.29, 0.717) is 21.6 Å². The Hall–Kier alpha value is -3.30. The molecular formula is C19H14ClN3O5S. The number of halogens is 1. The Balaban J connectivity index is 2.19. The Morgan fingerprint density at radius 1 is 1.34 bits per heavy atom. The maximum atomic E-state index is 12.7. The van der Waals surface area contributed by atoms with Crippen molar-refractivity contribution in [1.29, 1.82) is 0 Å². The molecule has 0 aliphatic carbocycles. The van der Waals surface area contributed by atoms with Gasteiger partial charge in [0.1, 0.15) is 5.56 Å². The predicted molar refractivity (Wildman–Crippen MR) is 109 cm³/mol. The average molecular weight is 432 g/mol. The van der Waals surface area contributed by atoms with Gasteiger partial charge in [0.15, 0.2) is 4.80 Å². The minimum Gasteiger partial charge on any atom is -0.465 e. The molecule has 0 aliphatic heterocycles. The van der Waals surface area contributed by atoms with Gasteiger partial charge in [0.25, 0.3) is 11.6 Å². The lowest BCUT2D eigenvalue weighted by atomic mass is 10.2. The van der Waals surface area contributed by atoms with E-state index in [1.807, 2.05) is 0 Å². The summed E-state index contributed by atoms with van der Waals surface area (Å²) in [5.41, 5.74) is 0.498. The first-order valence-electron chi connectivity index (χ1n) is 8.21. The Morgan fingerprint density at radius 3 is 2.76 bits per heavy atom. The Kier molecular flexibility index (Phi) is 5.90. The molecule has 3 rings (SSSR count). The van der Waals surface area contributed by atoms with Crippen LogP contribution in [0.2, 0.25) is 5.02 Å². The van der Waals surface area contributed by atoms with Crippen LogP contribution in [0.4, 0.5) is 5.69 Å². The fourth-order valence-corrected chi connectivity index (χ4v) is 3.94. The number of nitrogens with zero attached hydrogens (tertiary/aromatic N) is 3. The molecule has 0 N–H and O–H groups in total. The summed E-state index contributed by atoms with van der Waals surface area (Å²) in [6, 6.07) is 8.67. The second-order valence-corrected chi connectivity index (χ2v) is 7.24. The summed E-state index contributed by atoms with van der Waals surface area (Å²) in [5.74, 6) is -1.28. The van der Waals surface area contributed by atoms with E-state index >= 15 is 0 Å². The molecule has 0 atom stereocenters. The number of fused-ring (bicyclic) bond motifs is 1. The van der Waals surface area contributed by atoms with Crippen LogP contribution in [0.1, 0.15) is 20.7 Å². The predicted octanol–water partition coefficient (Wildman–Crippen LogP) is 3.98. The third-order valence-corrected chi connectivity index (χ3v) is 5.27. The van der Waals surface area contributed by atoms with Gasteiger partial charge in [-0.2, -0.15) is 4.99 Å². The number of aromatic nitrogens is 1. The van der Waals surface area contributed by atoms with E-state index in [4.69, 9.17) is 16.3 Å². The second-order valence-electron chi connectivity index (χ2n) is 5.79. The number of esters is 1. The van der Waals surface area contributed by atoms with E-state index in [1.54, 1.807) is 28.8 Å². The number of thiazole rings is 1. The SMILES string of the molecule is C=CCn1c(=NC(=O)c2cc(Cl)ccc2[N+](=O)[O-])sc2cc(C(=O)OC)ccc21. The summed E-state index contributed by atoms with van der Waals surface area (Å²) in [5, 5.41) is 11.4. The molecule has 3 aromatic rings. The number of hydrogen-bond acceptors (Lipinski definition) is 6. The molecular weight excluding hydrogens is 418 g/mol. The fourth-order valence-electron chi connectivity index (χ4n) is 2.69. The topological polar surface area (TPSA) is 104 Å². The highest BCUT2D eigenvalue weighted by molar-refractivity contribution is 7.16. The lowest BCUT2D eigenvalue weighted by molar-refractivity contribution is -0.385. The van der Waals surface area contributed by atoms with Gasteiger partial charge in [-0.25, -0.2) is 4.79 Å². The number of nitro groups is 1. The smallest absolute Gasteiger partial charge is 0.337 e. The summed E-state index contributed by atoms with van der Waals surface area (Å²) in [4.78, 5) is 39.4. The van der Waals surface area contributed by atoms with Crippen molar-refractivity contribution in [3.63, 3.8) is 0 Å². The van der Waals surface area contributed by atoms with E-state index in [0.717, 1.165) is 22.9 Å². The highest BCUT2D eigenvalue weighted by Crippen LogP contribution is 2.24. The van der Waals surface area contributed by atoms with Crippen molar-refractivity contribution in [2.75, 3.05) is 7.11 Å². The molecule has 0 radical (unpaired) electrons. The molecule has 29 heavy (non-hydrogen) atoms. The number of benzene rings is 2. The fraction of sp³-hybridized carbons (Fsp3) is 0.105. The van der Waals surface area contributed by atoms with Crippen molar-refractivity contribution in [2.45, 2.75) is 6.54 Å². The standard InChI is InChI=1S/C19H14ClN3O5S/c1-3-8-22-15-6-4-11(18(25)28-2)9-16(15)29-19(22)21-17(24)13-10-12(20)5-7-14(13)23(26)27/h3-7,9-10H,1,8H2,2H3. The van der Waals surface area contributed by atoms with Crippen molar-refractivity contribution in [2.24, 2.45) is 4.99 Å². The van der Waals surface area contributed by atoms with Crippen LogP contribution in [-0.4, -0.2) is 28.5 Å². The number of ether oxygens (including phenoxy) is 1. The summed E-state index contributed by atoms with van der Waals surface area (Å²) in [6.45, 7) is 4.05. The van der Waals surface area contributed by atoms with E-state index in [-0.39, 0.29) is 16.3 Å². The molecule has 0 fully saturated rings. The van der Waals surface area contributed by atoms with Crippen LogP contribution in [0.5, 0.6) is 0 Å². The Labute approximate surface area is 173 Å². The number of carbonyl (C=O) groups excluding carboxylic acids is 2. The second kappa shape index (κ2) is 8.38. The summed E-state index contributed by atoms with van der Waals surface area (Å²) in [6.07, 6.45) is 1.63. The largest absolute Gasteiger partial charge is 0.465 e. The molecule has 1 amide bonds. The molecule has 0 spiro atoms. The van der Waals surface area contributed by atoms with E-state index < -0.39 is 16.8 Å². The molecule has 1 aromatic heterocycles. The number of allylic oxidation sites excluding steroid dienone is 1. The van der Waals surface area contributed by atoms with Crippen molar-refractivity contribution in [1.82, 2.24) is 4.57 Å². The summed E-state index contributed by atoms with van der Waals surface area (Å²) in [7, 11) is 1.29. The van der Waals surface area contributed by atoms with Gasteiger partial charge in [-0.3, -0.25) is 14.9 Å². The number of nitro benzene ring substituents is 1. The lowest BCUT2D eigenvalue weighted by Gasteiger charge is -2.03. The van der Waals surface area contributed by atoms with Crippen molar-refractivity contribution in [3.8, 4) is 0 Å². The lowest BCUT2D eigenvalue weighted by Crippen LogP contribution is -2.16. The molecule has 148 valence electrons. The van der Waals surface area contributed by atoms with Gasteiger partial charge in [0, 0.05) is 17.6 Å². The zero-order chi connectivity index (χ0) is 21.1. The van der Waals surface area contributed by atoms with Gasteiger partial charge >= 0.3 is 5.97 Å². The van der Waals surface area contributed by atoms with Crippen LogP contribution in [-0.2, 0) is 11.3 Å². The molecule has 8 nitrogen and oxygen atoms in total. The number of hydrogen-bond donors (Lipinski definition) is 0. The number of methoxy groups -OCH3 is 1. The maximum absolute atomic E-state index is 12.7. The number of amides is 1. The highest BCUT2D eigenvalue weighted by atomic mass is 35.5. The molecule has 0 unspecified atom stereocenters. The van der Waals surface area contributed by atoms with Crippen LogP contribution in [0.15, 0.2) is 54.0 Å². The molecule has 0 saturated carbocycles. The van der Waals surface area contributed by atoms with Gasteiger partial charge in [-0.05, 0) is 30.3 Å². The van der Waals surface area contributed by atoms with Crippen LogP contribution in [0.25, 0.3) is 10.2 Å². The van der Waals surface area contributed by atoms with Crippen molar-refractivity contribution >= 4 is 50.7 Å². The van der Waals surface area contributed by atoms with E-state index in [1.165, 1.54) is 19.2 Å². The van der Waals surface area contributed by atoms with Crippen LogP contribution in [0.3, 0.4) is 0 Å². The zero-order valence-corrected chi connectivity index (χ0v) is 16.7. The Morgan fingerprint density at radius 2 is 2.10 bits per heavy atom. The van der Waals surface area contributed by atoms with Gasteiger partial charge in [-0.15, -0.1) is 6.58 Å². The Bertz CT molecular complexity index is 1230. The molecule has 0 bridgehead atoms. The maximum Gasteiger partial charge on any atom is 0.337 e. The monoisotopic (exact) mass is 431 g/mol. The quantitative estimate of drug-likeness (QED) is 0.263. The first kappa shape index (κ1) is 20.4. The third-order valence-electron chi connectivity index (χ3n) is 4.00. The summed E-state index contributed by atoms with van der Waals surface area (Å²) >= 11 is 7.06. The first-order valence-corrected chi connectivity index (χ1v) is 9.40. The number of rotatable bonds is 5. The van der Waals surface area contributed by atoms with Crippen LogP contribution < -0.4 is 4.80 Å². The molecule has 2 aromatic carbocycles. The number of carbonyl (C=O) groups is 2. The molecule has 10 heteroatoms. The van der Waals surface area contributed by atoms with E-state index in [2.05, 4.69) is 11.6 Å². The van der Waals surface area contributed by atoms with Gasteiger partial charge < -0.3 is 9.30 Å².